The molecule has 0 amide bonds. The Balaban J connectivity index is 2.65. The number of benzene rings is 1. The van der Waals surface area contributed by atoms with E-state index in [-0.39, 0.29) is 12.0 Å². The Morgan fingerprint density at radius 2 is 2.00 bits per heavy atom. The van der Waals surface area contributed by atoms with E-state index in [0.717, 1.165) is 17.3 Å². The summed E-state index contributed by atoms with van der Waals surface area (Å²) in [6.07, 6.45) is 2.05. The average Bonchev–Trinajstić information content (AvgIpc) is 2.41. The normalized spacial score (nSPS) is 11.6. The number of anilines is 1. The van der Waals surface area contributed by atoms with Gasteiger partial charge in [-0.3, -0.25) is 0 Å². The van der Waals surface area contributed by atoms with Crippen LogP contribution in [0.4, 0.5) is 5.69 Å². The summed E-state index contributed by atoms with van der Waals surface area (Å²) >= 11 is 3.34. The molecule has 3 nitrogen and oxygen atoms in total. The topological polar surface area (TPSA) is 70.0 Å². The Bertz CT molecular complexity index is 564. The highest BCUT2D eigenvalue weighted by Crippen LogP contribution is 2.22. The molecule has 106 valence electrons. The molecule has 1 rings (SSSR count). The third-order valence-electron chi connectivity index (χ3n) is 3.06. The van der Waals surface area contributed by atoms with Crippen molar-refractivity contribution in [2.45, 2.75) is 39.2 Å². The minimum Gasteiger partial charge on any atom is -0.397 e. The van der Waals surface area contributed by atoms with Gasteiger partial charge in [-0.1, -0.05) is 41.6 Å². The summed E-state index contributed by atoms with van der Waals surface area (Å²) in [4.78, 5) is 0. The van der Waals surface area contributed by atoms with E-state index in [4.69, 9.17) is 11.0 Å². The Morgan fingerprint density at radius 3 is 2.60 bits per heavy atom. The van der Waals surface area contributed by atoms with Crippen LogP contribution in [0.25, 0.3) is 0 Å². The fourth-order valence-corrected chi connectivity index (χ4v) is 2.16. The van der Waals surface area contributed by atoms with E-state index < -0.39 is 0 Å². The minimum atomic E-state index is -0.266. The lowest BCUT2D eigenvalue weighted by Gasteiger charge is -2.12. The van der Waals surface area contributed by atoms with Gasteiger partial charge in [0, 0.05) is 16.5 Å². The number of hydrogen-bond donors (Lipinski definition) is 2. The van der Waals surface area contributed by atoms with Crippen molar-refractivity contribution in [2.75, 3.05) is 5.73 Å². The van der Waals surface area contributed by atoms with Crippen molar-refractivity contribution in [1.29, 1.82) is 5.26 Å². The van der Waals surface area contributed by atoms with Crippen molar-refractivity contribution in [1.82, 2.24) is 0 Å². The van der Waals surface area contributed by atoms with Crippen molar-refractivity contribution < 1.29 is 5.11 Å². The van der Waals surface area contributed by atoms with Crippen LogP contribution < -0.4 is 5.73 Å². The molecule has 0 aliphatic rings. The summed E-state index contributed by atoms with van der Waals surface area (Å²) in [5.41, 5.74) is 7.40. The van der Waals surface area contributed by atoms with Gasteiger partial charge in [0.1, 0.15) is 6.07 Å². The van der Waals surface area contributed by atoms with Crippen molar-refractivity contribution >= 4 is 21.6 Å². The summed E-state index contributed by atoms with van der Waals surface area (Å²) in [5.74, 6) is 6.32. The van der Waals surface area contributed by atoms with Crippen LogP contribution in [-0.2, 0) is 0 Å². The van der Waals surface area contributed by atoms with Gasteiger partial charge in [-0.05, 0) is 30.9 Å². The van der Waals surface area contributed by atoms with Gasteiger partial charge in [-0.25, -0.2) is 0 Å². The largest absolute Gasteiger partial charge is 0.397 e. The van der Waals surface area contributed by atoms with Crippen LogP contribution in [0.5, 0.6) is 0 Å². The van der Waals surface area contributed by atoms with E-state index in [1.807, 2.05) is 26.0 Å². The average molecular weight is 335 g/mol. The second-order valence-corrected chi connectivity index (χ2v) is 5.95. The molecule has 20 heavy (non-hydrogen) atoms. The molecule has 0 radical (unpaired) electrons. The van der Waals surface area contributed by atoms with Crippen molar-refractivity contribution in [2.24, 2.45) is 5.92 Å². The Morgan fingerprint density at radius 1 is 1.35 bits per heavy atom. The molecule has 0 aliphatic carbocycles. The molecule has 0 saturated carbocycles. The van der Waals surface area contributed by atoms with Gasteiger partial charge >= 0.3 is 0 Å². The highest BCUT2D eigenvalue weighted by atomic mass is 79.9. The quantitative estimate of drug-likeness (QED) is 0.503. The fourth-order valence-electron chi connectivity index (χ4n) is 1.70. The molecule has 3 N–H and O–H groups in total. The van der Waals surface area contributed by atoms with Crippen molar-refractivity contribution in [3.8, 4) is 17.9 Å². The van der Waals surface area contributed by atoms with Gasteiger partial charge in [0.2, 0.25) is 0 Å². The Labute approximate surface area is 128 Å². The number of aliphatic hydroxyl groups is 1. The molecule has 0 bridgehead atoms. The van der Waals surface area contributed by atoms with Crippen LogP contribution in [0.15, 0.2) is 16.6 Å². The van der Waals surface area contributed by atoms with E-state index in [1.54, 1.807) is 6.07 Å². The summed E-state index contributed by atoms with van der Waals surface area (Å²) in [6, 6.07) is 5.54. The number of nitriles is 1. The van der Waals surface area contributed by atoms with Gasteiger partial charge in [-0.15, -0.1) is 0 Å². The molecule has 0 aromatic heterocycles. The molecule has 0 spiro atoms. The molecule has 1 unspecified atom stereocenters. The van der Waals surface area contributed by atoms with E-state index in [9.17, 15) is 5.11 Å². The minimum absolute atomic E-state index is 0.266. The molecule has 4 heteroatoms. The molecule has 0 saturated heterocycles. The lowest BCUT2D eigenvalue weighted by Crippen LogP contribution is -2.13. The third kappa shape index (κ3) is 4.89. The zero-order valence-corrected chi connectivity index (χ0v) is 13.4. The molecule has 0 aliphatic heterocycles. The van der Waals surface area contributed by atoms with Crippen LogP contribution in [0.2, 0.25) is 0 Å². The lowest BCUT2D eigenvalue weighted by molar-refractivity contribution is 0.114. The third-order valence-corrected chi connectivity index (χ3v) is 3.52. The number of halogens is 1. The SMILES string of the molecule is CC(C)C(O)CCCC#Cc1cc(Br)cc(C#N)c1N. The first-order valence-corrected chi connectivity index (χ1v) is 7.41. The molecule has 1 atom stereocenters. The van der Waals surface area contributed by atoms with Crippen LogP contribution in [-0.4, -0.2) is 11.2 Å². The summed E-state index contributed by atoms with van der Waals surface area (Å²) < 4.78 is 0.794. The first-order chi connectivity index (χ1) is 9.45. The first kappa shape index (κ1) is 16.6. The molecular weight excluding hydrogens is 316 g/mol. The summed E-state index contributed by atoms with van der Waals surface area (Å²) in [6.45, 7) is 4.00. The number of nitrogen functional groups attached to an aromatic ring is 1. The molecule has 0 heterocycles. The number of rotatable bonds is 4. The zero-order chi connectivity index (χ0) is 15.1. The second kappa shape index (κ2) is 7.94. The van der Waals surface area contributed by atoms with Gasteiger partial charge in [0.25, 0.3) is 0 Å². The Hall–Kier alpha value is -1.49. The standard InChI is InChI=1S/C16H19BrN2O/c1-11(2)15(20)7-5-3-4-6-12-8-14(17)9-13(10-18)16(12)19/h8-9,11,15,20H,3,5,7,19H2,1-2H3. The molecular formula is C16H19BrN2O. The smallest absolute Gasteiger partial charge is 0.101 e. The van der Waals surface area contributed by atoms with Gasteiger partial charge in [-0.2, -0.15) is 5.26 Å². The van der Waals surface area contributed by atoms with E-state index >= 15 is 0 Å². The predicted molar refractivity (Wildman–Crippen MR) is 84.8 cm³/mol. The number of nitrogens with two attached hydrogens (primary N) is 1. The lowest BCUT2D eigenvalue weighted by atomic mass is 10.0. The van der Waals surface area contributed by atoms with Crippen molar-refractivity contribution in [3.63, 3.8) is 0 Å². The zero-order valence-electron chi connectivity index (χ0n) is 11.8. The molecule has 1 aromatic carbocycles. The maximum absolute atomic E-state index is 9.68. The first-order valence-electron chi connectivity index (χ1n) is 6.61. The van der Waals surface area contributed by atoms with Crippen LogP contribution in [0, 0.1) is 29.1 Å². The van der Waals surface area contributed by atoms with Crippen LogP contribution in [0.1, 0.15) is 44.2 Å². The maximum Gasteiger partial charge on any atom is 0.101 e. The highest BCUT2D eigenvalue weighted by Gasteiger charge is 2.07. The molecule has 0 fully saturated rings. The van der Waals surface area contributed by atoms with Gasteiger partial charge in [0.15, 0.2) is 0 Å². The fraction of sp³-hybridized carbons (Fsp3) is 0.438. The number of nitrogens with zero attached hydrogens (tertiary/aromatic N) is 1. The van der Waals surface area contributed by atoms with Crippen molar-refractivity contribution in [3.05, 3.63) is 27.7 Å². The summed E-state index contributed by atoms with van der Waals surface area (Å²) in [7, 11) is 0. The van der Waals surface area contributed by atoms with Gasteiger partial charge in [0.05, 0.1) is 17.4 Å². The number of hydrogen-bond acceptors (Lipinski definition) is 3. The summed E-state index contributed by atoms with van der Waals surface area (Å²) in [5, 5.41) is 18.6. The maximum atomic E-state index is 9.68. The monoisotopic (exact) mass is 334 g/mol. The van der Waals surface area contributed by atoms with E-state index in [1.165, 1.54) is 0 Å². The highest BCUT2D eigenvalue weighted by molar-refractivity contribution is 9.10. The second-order valence-electron chi connectivity index (χ2n) is 5.03. The Kier molecular flexibility index (Phi) is 6.58. The molecule has 1 aromatic rings. The van der Waals surface area contributed by atoms with Crippen LogP contribution in [0.3, 0.4) is 0 Å². The van der Waals surface area contributed by atoms with E-state index in [0.29, 0.717) is 23.2 Å². The number of aliphatic hydroxyl groups excluding tert-OH is 1. The van der Waals surface area contributed by atoms with Crippen LogP contribution >= 0.6 is 15.9 Å². The van der Waals surface area contributed by atoms with Gasteiger partial charge < -0.3 is 10.8 Å². The van der Waals surface area contributed by atoms with E-state index in [2.05, 4.69) is 27.8 Å². The predicted octanol–water partition coefficient (Wildman–Crippen LogP) is 3.44. The number of unbranched alkanes of at least 4 members (excludes halogenated alkanes) is 1.